The predicted octanol–water partition coefficient (Wildman–Crippen LogP) is 4.02. The molecule has 0 aliphatic heterocycles. The molecule has 0 saturated heterocycles. The zero-order valence-corrected chi connectivity index (χ0v) is 17.7. The lowest BCUT2D eigenvalue weighted by Gasteiger charge is -2.20. The lowest BCUT2D eigenvalue weighted by molar-refractivity contribution is 0.137. The van der Waals surface area contributed by atoms with Crippen molar-refractivity contribution in [1.29, 1.82) is 0 Å². The van der Waals surface area contributed by atoms with E-state index in [4.69, 9.17) is 0 Å². The highest BCUT2D eigenvalue weighted by Gasteiger charge is 2.43. The first kappa shape index (κ1) is 22.2. The fraction of sp³-hybridized carbons (Fsp3) is 0.750. The van der Waals surface area contributed by atoms with Gasteiger partial charge in [-0.2, -0.15) is 0 Å². The van der Waals surface area contributed by atoms with Crippen LogP contribution in [0.1, 0.15) is 58.8 Å². The van der Waals surface area contributed by atoms with E-state index in [0.29, 0.717) is 18.3 Å². The maximum atomic E-state index is 10.5. The van der Waals surface area contributed by atoms with Crippen molar-refractivity contribution in [2.75, 3.05) is 20.6 Å². The van der Waals surface area contributed by atoms with E-state index in [1.54, 1.807) is 5.57 Å². The fourth-order valence-electron chi connectivity index (χ4n) is 4.56. The number of allylic oxidation sites excluding steroid dienone is 2. The summed E-state index contributed by atoms with van der Waals surface area (Å²) in [5.74, 6) is 7.27. The lowest BCUT2D eigenvalue weighted by atomic mass is 9.88. The molecule has 2 aliphatic rings. The van der Waals surface area contributed by atoms with Gasteiger partial charge in [0, 0.05) is 12.3 Å². The predicted molar refractivity (Wildman–Crippen MR) is 113 cm³/mol. The molecular weight excluding hydrogens is 334 g/mol. The van der Waals surface area contributed by atoms with Gasteiger partial charge in [-0.15, -0.1) is 11.8 Å². The van der Waals surface area contributed by atoms with Gasteiger partial charge < -0.3 is 15.1 Å². The van der Waals surface area contributed by atoms with Crippen LogP contribution in [0, 0.1) is 35.5 Å². The molecule has 0 heterocycles. The highest BCUT2D eigenvalue weighted by Crippen LogP contribution is 2.48. The van der Waals surface area contributed by atoms with Gasteiger partial charge in [0.25, 0.3) is 0 Å². The minimum Gasteiger partial charge on any atom is -0.392 e. The van der Waals surface area contributed by atoms with E-state index < -0.39 is 6.10 Å². The molecule has 3 nitrogen and oxygen atoms in total. The van der Waals surface area contributed by atoms with E-state index in [1.165, 1.54) is 32.2 Å². The Bertz CT molecular complexity index is 569. The third-order valence-electron chi connectivity index (χ3n) is 6.27. The van der Waals surface area contributed by atoms with Gasteiger partial charge in [-0.05, 0) is 77.4 Å². The highest BCUT2D eigenvalue weighted by atomic mass is 16.3. The van der Waals surface area contributed by atoms with Crippen LogP contribution in [0.4, 0.5) is 0 Å². The summed E-state index contributed by atoms with van der Waals surface area (Å²) in [6, 6.07) is 0. The summed E-state index contributed by atoms with van der Waals surface area (Å²) in [6.07, 6.45) is 13.4. The summed E-state index contributed by atoms with van der Waals surface area (Å²) in [5.41, 5.74) is 1.59. The summed E-state index contributed by atoms with van der Waals surface area (Å²) < 4.78 is 0. The quantitative estimate of drug-likeness (QED) is 0.345. The smallest absolute Gasteiger partial charge is 0.0755 e. The molecule has 152 valence electrons. The van der Waals surface area contributed by atoms with Gasteiger partial charge in [0.05, 0.1) is 12.2 Å². The van der Waals surface area contributed by atoms with E-state index in [-0.39, 0.29) is 17.9 Å². The van der Waals surface area contributed by atoms with Crippen molar-refractivity contribution in [3.63, 3.8) is 0 Å². The SMILES string of the molecule is CC#CC[C@H](C)[C@H](O)C=C[C@@H]1[C@H]2CC(CCCCCN(C)C)=C[C@H]2C[C@H]1O. The van der Waals surface area contributed by atoms with Crippen LogP contribution in [0.5, 0.6) is 0 Å². The lowest BCUT2D eigenvalue weighted by Crippen LogP contribution is -2.19. The molecule has 1 fully saturated rings. The van der Waals surface area contributed by atoms with Crippen LogP contribution in [0.3, 0.4) is 0 Å². The number of aliphatic hydroxyl groups excluding tert-OH is 2. The molecule has 1 saturated carbocycles. The summed E-state index contributed by atoms with van der Waals surface area (Å²) in [5, 5.41) is 20.8. The second-order valence-corrected chi connectivity index (χ2v) is 8.83. The fourth-order valence-corrected chi connectivity index (χ4v) is 4.56. The number of hydrogen-bond acceptors (Lipinski definition) is 3. The van der Waals surface area contributed by atoms with Crippen LogP contribution in [0.25, 0.3) is 0 Å². The van der Waals surface area contributed by atoms with Gasteiger partial charge in [0.1, 0.15) is 0 Å². The van der Waals surface area contributed by atoms with Gasteiger partial charge in [-0.3, -0.25) is 0 Å². The standard InChI is InChI=1S/C24H39NO2/c1-5-6-10-18(2)23(26)13-12-21-22-16-19(15-20(22)17-24(21)27)11-8-7-9-14-25(3)4/h12-13,15,18,20-24,26-27H,7-11,14,16-17H2,1-4H3/t18-,20-,21+,22-,23+,24+/m0/s1. The monoisotopic (exact) mass is 373 g/mol. The van der Waals surface area contributed by atoms with E-state index in [9.17, 15) is 10.2 Å². The van der Waals surface area contributed by atoms with Gasteiger partial charge in [0.2, 0.25) is 0 Å². The number of nitrogens with zero attached hydrogens (tertiary/aromatic N) is 1. The average Bonchev–Trinajstić information content (AvgIpc) is 3.13. The topological polar surface area (TPSA) is 43.7 Å². The van der Waals surface area contributed by atoms with Crippen LogP contribution in [0.15, 0.2) is 23.8 Å². The van der Waals surface area contributed by atoms with Crippen molar-refractivity contribution in [2.24, 2.45) is 23.7 Å². The van der Waals surface area contributed by atoms with Crippen molar-refractivity contribution in [3.8, 4) is 11.8 Å². The molecule has 27 heavy (non-hydrogen) atoms. The van der Waals surface area contributed by atoms with Crippen LogP contribution in [-0.4, -0.2) is 48.0 Å². The van der Waals surface area contributed by atoms with E-state index in [2.05, 4.69) is 43.0 Å². The molecule has 2 N–H and O–H groups in total. The van der Waals surface area contributed by atoms with Crippen molar-refractivity contribution < 1.29 is 10.2 Å². The van der Waals surface area contributed by atoms with Crippen molar-refractivity contribution in [3.05, 3.63) is 23.8 Å². The Hall–Kier alpha value is -1.08. The van der Waals surface area contributed by atoms with Gasteiger partial charge in [0.15, 0.2) is 0 Å². The highest BCUT2D eigenvalue weighted by molar-refractivity contribution is 5.21. The maximum absolute atomic E-state index is 10.5. The van der Waals surface area contributed by atoms with Gasteiger partial charge >= 0.3 is 0 Å². The third kappa shape index (κ3) is 6.79. The van der Waals surface area contributed by atoms with Crippen LogP contribution >= 0.6 is 0 Å². The molecule has 0 aromatic carbocycles. The Labute approximate surface area is 166 Å². The minimum absolute atomic E-state index is 0.127. The molecule has 0 aromatic heterocycles. The first-order chi connectivity index (χ1) is 12.9. The zero-order chi connectivity index (χ0) is 19.8. The molecule has 6 atom stereocenters. The average molecular weight is 374 g/mol. The largest absolute Gasteiger partial charge is 0.392 e. The molecular formula is C24H39NO2. The molecule has 2 rings (SSSR count). The Morgan fingerprint density at radius 1 is 1.30 bits per heavy atom. The first-order valence-electron chi connectivity index (χ1n) is 10.7. The van der Waals surface area contributed by atoms with Crippen molar-refractivity contribution in [2.45, 2.75) is 71.0 Å². The van der Waals surface area contributed by atoms with Crippen LogP contribution < -0.4 is 0 Å². The van der Waals surface area contributed by atoms with Crippen molar-refractivity contribution in [1.82, 2.24) is 4.90 Å². The second-order valence-electron chi connectivity index (χ2n) is 8.83. The molecule has 0 bridgehead atoms. The van der Waals surface area contributed by atoms with E-state index in [1.807, 2.05) is 19.9 Å². The second kappa shape index (κ2) is 11.1. The first-order valence-corrected chi connectivity index (χ1v) is 10.7. The van der Waals surface area contributed by atoms with E-state index in [0.717, 1.165) is 12.8 Å². The number of aliphatic hydroxyl groups is 2. The Morgan fingerprint density at radius 3 is 2.78 bits per heavy atom. The Kier molecular flexibility index (Phi) is 9.09. The summed E-state index contributed by atoms with van der Waals surface area (Å²) in [4.78, 5) is 2.25. The molecule has 0 aromatic rings. The van der Waals surface area contributed by atoms with Gasteiger partial charge in [-0.25, -0.2) is 0 Å². The normalized spacial score (nSPS) is 29.5. The van der Waals surface area contributed by atoms with Crippen LogP contribution in [-0.2, 0) is 0 Å². The summed E-state index contributed by atoms with van der Waals surface area (Å²) in [6.45, 7) is 5.03. The zero-order valence-electron chi connectivity index (χ0n) is 17.7. The van der Waals surface area contributed by atoms with Crippen molar-refractivity contribution >= 4 is 0 Å². The van der Waals surface area contributed by atoms with Gasteiger partial charge in [-0.1, -0.05) is 37.1 Å². The minimum atomic E-state index is -0.484. The number of fused-ring (bicyclic) bond motifs is 1. The number of unbranched alkanes of at least 4 members (excludes halogenated alkanes) is 2. The molecule has 2 aliphatic carbocycles. The molecule has 0 radical (unpaired) electrons. The summed E-state index contributed by atoms with van der Waals surface area (Å²) >= 11 is 0. The Balaban J connectivity index is 1.80. The number of rotatable bonds is 10. The van der Waals surface area contributed by atoms with Crippen LogP contribution in [0.2, 0.25) is 0 Å². The molecule has 0 unspecified atom stereocenters. The molecule has 3 heteroatoms. The molecule has 0 amide bonds. The molecule has 0 spiro atoms. The van der Waals surface area contributed by atoms with E-state index >= 15 is 0 Å². The third-order valence-corrected chi connectivity index (χ3v) is 6.27. The maximum Gasteiger partial charge on any atom is 0.0755 e. The number of hydrogen-bond donors (Lipinski definition) is 2. The Morgan fingerprint density at radius 2 is 2.07 bits per heavy atom. The summed E-state index contributed by atoms with van der Waals surface area (Å²) in [7, 11) is 4.27.